The van der Waals surface area contributed by atoms with Crippen LogP contribution < -0.4 is 9.47 Å². The molecule has 0 aliphatic carbocycles. The molecule has 7 heteroatoms. The summed E-state index contributed by atoms with van der Waals surface area (Å²) in [5, 5.41) is 9.30. The van der Waals surface area contributed by atoms with E-state index in [0.717, 1.165) is 5.56 Å². The van der Waals surface area contributed by atoms with Crippen LogP contribution in [-0.4, -0.2) is 40.8 Å². The Morgan fingerprint density at radius 2 is 1.68 bits per heavy atom. The summed E-state index contributed by atoms with van der Waals surface area (Å²) in [6.45, 7) is 0. The van der Waals surface area contributed by atoms with Crippen molar-refractivity contribution < 1.29 is 24.2 Å². The molecule has 1 aliphatic heterocycles. The number of methoxy groups -OCH3 is 1. The van der Waals surface area contributed by atoms with E-state index in [2.05, 4.69) is 0 Å². The fourth-order valence-electron chi connectivity index (χ4n) is 3.52. The Bertz CT molecular complexity index is 1090. The first-order valence-corrected chi connectivity index (χ1v) is 10.8. The molecule has 0 radical (unpaired) electrons. The Morgan fingerprint density at radius 1 is 0.968 bits per heavy atom. The van der Waals surface area contributed by atoms with E-state index in [1.165, 1.54) is 23.8 Å². The number of hydrogen-bond acceptors (Lipinski definition) is 5. The van der Waals surface area contributed by atoms with E-state index < -0.39 is 17.4 Å². The number of thioether (sulfide) groups is 1. The second kappa shape index (κ2) is 9.14. The third-order valence-corrected chi connectivity index (χ3v) is 6.30. The van der Waals surface area contributed by atoms with Crippen LogP contribution >= 0.6 is 11.8 Å². The highest BCUT2D eigenvalue weighted by Crippen LogP contribution is 2.44. The zero-order valence-electron chi connectivity index (χ0n) is 16.8. The van der Waals surface area contributed by atoms with Crippen molar-refractivity contribution in [3.8, 4) is 17.2 Å². The molecular weight excluding hydrogens is 414 g/mol. The summed E-state index contributed by atoms with van der Waals surface area (Å²) in [5.41, 5.74) is 1.13. The number of para-hydroxylation sites is 2. The average Bonchev–Trinajstić information content (AvgIpc) is 3.25. The van der Waals surface area contributed by atoms with E-state index >= 15 is 0 Å². The molecule has 2 unspecified atom stereocenters. The molecule has 2 atom stereocenters. The normalized spacial score (nSPS) is 17.9. The van der Waals surface area contributed by atoms with Gasteiger partial charge in [-0.25, -0.2) is 4.79 Å². The van der Waals surface area contributed by atoms with Gasteiger partial charge in [-0.15, -0.1) is 11.8 Å². The van der Waals surface area contributed by atoms with Crippen LogP contribution in [0.3, 0.4) is 0 Å². The molecule has 0 saturated carbocycles. The third-order valence-electron chi connectivity index (χ3n) is 4.98. The monoisotopic (exact) mass is 435 g/mol. The Balaban J connectivity index is 1.67. The van der Waals surface area contributed by atoms with Crippen LogP contribution in [0.1, 0.15) is 21.3 Å². The predicted molar refractivity (Wildman–Crippen MR) is 119 cm³/mol. The van der Waals surface area contributed by atoms with Gasteiger partial charge in [-0.05, 0) is 42.0 Å². The summed E-state index contributed by atoms with van der Waals surface area (Å²) in [4.78, 5) is 26.8. The number of benzene rings is 3. The molecule has 0 bridgehead atoms. The number of nitrogens with zero attached hydrogens (tertiary/aromatic N) is 1. The Kier molecular flexibility index (Phi) is 6.13. The van der Waals surface area contributed by atoms with E-state index in [1.54, 1.807) is 24.3 Å². The molecular formula is C24H21NO5S. The van der Waals surface area contributed by atoms with Crippen LogP contribution in [0, 0.1) is 0 Å². The number of carbonyl (C=O) groups is 2. The summed E-state index contributed by atoms with van der Waals surface area (Å²) in [6.07, 6.45) is 0. The minimum Gasteiger partial charge on any atom is -0.496 e. The first-order chi connectivity index (χ1) is 15.1. The number of hydrogen-bond donors (Lipinski definition) is 1. The lowest BCUT2D eigenvalue weighted by atomic mass is 10.1. The lowest BCUT2D eigenvalue weighted by Gasteiger charge is -2.28. The van der Waals surface area contributed by atoms with E-state index in [4.69, 9.17) is 9.47 Å². The number of amides is 1. The molecule has 1 aliphatic rings. The smallest absolute Gasteiger partial charge is 0.327 e. The van der Waals surface area contributed by atoms with E-state index in [1.807, 2.05) is 54.6 Å². The standard InChI is InChI=1S/C24H21NO5S/c1-29-21-13-6-5-12-19(21)22(26)25-20(24(27)28)15-31-23(25)16-8-7-11-18(14-16)30-17-9-3-2-4-10-17/h2-14,20,23H,15H2,1H3,(H,27,28). The Morgan fingerprint density at radius 3 is 2.42 bits per heavy atom. The van der Waals surface area contributed by atoms with Gasteiger partial charge in [0.15, 0.2) is 0 Å². The number of carboxylic acids is 1. The number of ether oxygens (including phenoxy) is 2. The van der Waals surface area contributed by atoms with Crippen LogP contribution in [0.2, 0.25) is 0 Å². The van der Waals surface area contributed by atoms with Crippen LogP contribution in [-0.2, 0) is 4.79 Å². The second-order valence-corrected chi connectivity index (χ2v) is 8.05. The largest absolute Gasteiger partial charge is 0.496 e. The summed E-state index contributed by atoms with van der Waals surface area (Å²) in [6, 6.07) is 22.7. The molecule has 0 spiro atoms. The van der Waals surface area contributed by atoms with Gasteiger partial charge >= 0.3 is 5.97 Å². The molecule has 1 amide bonds. The van der Waals surface area contributed by atoms with Crippen molar-refractivity contribution in [2.45, 2.75) is 11.4 Å². The van der Waals surface area contributed by atoms with Gasteiger partial charge < -0.3 is 19.5 Å². The van der Waals surface area contributed by atoms with Crippen molar-refractivity contribution in [3.05, 3.63) is 90.0 Å². The zero-order valence-corrected chi connectivity index (χ0v) is 17.6. The maximum Gasteiger partial charge on any atom is 0.327 e. The lowest BCUT2D eigenvalue weighted by Crippen LogP contribution is -2.43. The minimum atomic E-state index is -1.03. The highest BCUT2D eigenvalue weighted by atomic mass is 32.2. The molecule has 3 aromatic rings. The maximum atomic E-state index is 13.4. The summed E-state index contributed by atoms with van der Waals surface area (Å²) < 4.78 is 11.2. The SMILES string of the molecule is COc1ccccc1C(=O)N1C(C(=O)O)CSC1c1cccc(Oc2ccccc2)c1. The number of carbonyl (C=O) groups excluding carboxylic acids is 1. The quantitative estimate of drug-likeness (QED) is 0.598. The Hall–Kier alpha value is -3.45. The topological polar surface area (TPSA) is 76.1 Å². The highest BCUT2D eigenvalue weighted by Gasteiger charge is 2.43. The number of carboxylic acid groups (broad SMARTS) is 1. The Labute approximate surface area is 184 Å². The van der Waals surface area contributed by atoms with Crippen molar-refractivity contribution in [2.24, 2.45) is 0 Å². The fraction of sp³-hybridized carbons (Fsp3) is 0.167. The molecule has 6 nitrogen and oxygen atoms in total. The molecule has 0 aromatic heterocycles. The maximum absolute atomic E-state index is 13.4. The average molecular weight is 436 g/mol. The van der Waals surface area contributed by atoms with Crippen LogP contribution in [0.5, 0.6) is 17.2 Å². The molecule has 1 heterocycles. The molecule has 31 heavy (non-hydrogen) atoms. The van der Waals surface area contributed by atoms with Gasteiger partial charge in [0, 0.05) is 5.75 Å². The van der Waals surface area contributed by atoms with Gasteiger partial charge in [0.1, 0.15) is 28.7 Å². The van der Waals surface area contributed by atoms with Gasteiger partial charge in [-0.1, -0.05) is 42.5 Å². The van der Waals surface area contributed by atoms with E-state index in [0.29, 0.717) is 28.6 Å². The van der Waals surface area contributed by atoms with Gasteiger partial charge in [-0.3, -0.25) is 4.79 Å². The highest BCUT2D eigenvalue weighted by molar-refractivity contribution is 7.99. The molecule has 1 fully saturated rings. The van der Waals surface area contributed by atoms with Crippen molar-refractivity contribution in [1.82, 2.24) is 4.90 Å². The zero-order chi connectivity index (χ0) is 21.8. The fourth-order valence-corrected chi connectivity index (χ4v) is 4.93. The molecule has 4 rings (SSSR count). The van der Waals surface area contributed by atoms with Gasteiger partial charge in [0.2, 0.25) is 0 Å². The number of rotatable bonds is 6. The molecule has 1 N–H and O–H groups in total. The first kappa shape index (κ1) is 20.8. The van der Waals surface area contributed by atoms with Gasteiger partial charge in [0.25, 0.3) is 5.91 Å². The number of aliphatic carboxylic acids is 1. The van der Waals surface area contributed by atoms with Crippen LogP contribution in [0.15, 0.2) is 78.9 Å². The van der Waals surface area contributed by atoms with Crippen molar-refractivity contribution in [3.63, 3.8) is 0 Å². The van der Waals surface area contributed by atoms with Crippen LogP contribution in [0.4, 0.5) is 0 Å². The summed E-state index contributed by atoms with van der Waals surface area (Å²) in [5.74, 6) is 0.611. The second-order valence-electron chi connectivity index (χ2n) is 6.94. The van der Waals surface area contributed by atoms with Crippen molar-refractivity contribution in [1.29, 1.82) is 0 Å². The van der Waals surface area contributed by atoms with Gasteiger partial charge in [0.05, 0.1) is 12.7 Å². The summed E-state index contributed by atoms with van der Waals surface area (Å²) >= 11 is 1.42. The molecule has 158 valence electrons. The van der Waals surface area contributed by atoms with Crippen molar-refractivity contribution in [2.75, 3.05) is 12.9 Å². The van der Waals surface area contributed by atoms with Crippen LogP contribution in [0.25, 0.3) is 0 Å². The summed E-state index contributed by atoms with van der Waals surface area (Å²) in [7, 11) is 1.49. The third kappa shape index (κ3) is 4.36. The van der Waals surface area contributed by atoms with E-state index in [-0.39, 0.29) is 5.91 Å². The van der Waals surface area contributed by atoms with Crippen molar-refractivity contribution >= 4 is 23.6 Å². The van der Waals surface area contributed by atoms with Gasteiger partial charge in [-0.2, -0.15) is 0 Å². The minimum absolute atomic E-state index is 0.296. The molecule has 1 saturated heterocycles. The lowest BCUT2D eigenvalue weighted by molar-refractivity contribution is -0.141. The van der Waals surface area contributed by atoms with E-state index in [9.17, 15) is 14.7 Å². The predicted octanol–water partition coefficient (Wildman–Crippen LogP) is 4.83. The first-order valence-electron chi connectivity index (χ1n) is 9.71. The molecule has 3 aromatic carbocycles.